The standard InChI is InChI=1S/C20H22O5/c1-12(2)15-10-16(19(23)11-18(15)22)17(21)8-6-13-5-7-14(24-3)9-20(13)25-4/h5-12,22-23H,1-4H3/b8-6+. The molecule has 0 saturated heterocycles. The van der Waals surface area contributed by atoms with E-state index in [4.69, 9.17) is 9.47 Å². The number of ketones is 1. The first-order valence-electron chi connectivity index (χ1n) is 7.87. The van der Waals surface area contributed by atoms with Crippen molar-refractivity contribution in [1.82, 2.24) is 0 Å². The van der Waals surface area contributed by atoms with Crippen LogP contribution in [0.15, 0.2) is 36.4 Å². The van der Waals surface area contributed by atoms with Crippen LogP contribution in [0, 0.1) is 0 Å². The molecule has 25 heavy (non-hydrogen) atoms. The van der Waals surface area contributed by atoms with Crippen molar-refractivity contribution in [3.05, 3.63) is 53.1 Å². The summed E-state index contributed by atoms with van der Waals surface area (Å²) in [5, 5.41) is 19.9. The zero-order valence-electron chi connectivity index (χ0n) is 14.7. The summed E-state index contributed by atoms with van der Waals surface area (Å²) in [6, 6.07) is 7.98. The second-order valence-corrected chi connectivity index (χ2v) is 5.89. The number of allylic oxidation sites excluding steroid dienone is 1. The number of rotatable bonds is 6. The topological polar surface area (TPSA) is 76.0 Å². The van der Waals surface area contributed by atoms with Gasteiger partial charge in [-0.3, -0.25) is 4.79 Å². The Kier molecular flexibility index (Phi) is 5.70. The van der Waals surface area contributed by atoms with Crippen molar-refractivity contribution in [3.8, 4) is 23.0 Å². The average molecular weight is 342 g/mol. The predicted molar refractivity (Wildman–Crippen MR) is 96.8 cm³/mol. The summed E-state index contributed by atoms with van der Waals surface area (Å²) < 4.78 is 10.4. The zero-order valence-corrected chi connectivity index (χ0v) is 14.7. The summed E-state index contributed by atoms with van der Waals surface area (Å²) >= 11 is 0. The number of hydrogen-bond acceptors (Lipinski definition) is 5. The third-order valence-electron chi connectivity index (χ3n) is 3.89. The van der Waals surface area contributed by atoms with E-state index in [1.54, 1.807) is 31.4 Å². The fourth-order valence-corrected chi connectivity index (χ4v) is 2.47. The largest absolute Gasteiger partial charge is 0.508 e. The fourth-order valence-electron chi connectivity index (χ4n) is 2.47. The van der Waals surface area contributed by atoms with Gasteiger partial charge in [0.15, 0.2) is 5.78 Å². The van der Waals surface area contributed by atoms with Crippen LogP contribution in [0.5, 0.6) is 23.0 Å². The van der Waals surface area contributed by atoms with Gasteiger partial charge in [0.25, 0.3) is 0 Å². The molecule has 0 bridgehead atoms. The van der Waals surface area contributed by atoms with Gasteiger partial charge in [0.05, 0.1) is 19.8 Å². The Morgan fingerprint density at radius 2 is 1.76 bits per heavy atom. The number of ether oxygens (including phenoxy) is 2. The van der Waals surface area contributed by atoms with E-state index in [1.807, 2.05) is 13.8 Å². The molecule has 0 amide bonds. The lowest BCUT2D eigenvalue weighted by Gasteiger charge is -2.11. The third-order valence-corrected chi connectivity index (χ3v) is 3.89. The van der Waals surface area contributed by atoms with Crippen molar-refractivity contribution >= 4 is 11.9 Å². The maximum absolute atomic E-state index is 12.5. The lowest BCUT2D eigenvalue weighted by molar-refractivity contribution is 0.104. The lowest BCUT2D eigenvalue weighted by atomic mass is 9.97. The summed E-state index contributed by atoms with van der Waals surface area (Å²) in [6.07, 6.45) is 2.97. The number of carbonyl (C=O) groups is 1. The Hall–Kier alpha value is -2.95. The molecule has 132 valence electrons. The highest BCUT2D eigenvalue weighted by molar-refractivity contribution is 6.09. The number of phenolic OH excluding ortho intramolecular Hbond substituents is 2. The van der Waals surface area contributed by atoms with Crippen molar-refractivity contribution in [2.24, 2.45) is 0 Å². The molecule has 0 spiro atoms. The summed E-state index contributed by atoms with van der Waals surface area (Å²) in [5.41, 5.74) is 1.46. The molecule has 2 aromatic carbocycles. The van der Waals surface area contributed by atoms with Gasteiger partial charge in [-0.15, -0.1) is 0 Å². The van der Waals surface area contributed by atoms with E-state index in [1.165, 1.54) is 25.3 Å². The highest BCUT2D eigenvalue weighted by Gasteiger charge is 2.15. The van der Waals surface area contributed by atoms with Crippen molar-refractivity contribution in [1.29, 1.82) is 0 Å². The Morgan fingerprint density at radius 3 is 2.36 bits per heavy atom. The monoisotopic (exact) mass is 342 g/mol. The summed E-state index contributed by atoms with van der Waals surface area (Å²) in [5.74, 6) is 0.609. The molecule has 0 radical (unpaired) electrons. The maximum Gasteiger partial charge on any atom is 0.189 e. The number of phenols is 2. The first-order chi connectivity index (χ1) is 11.9. The van der Waals surface area contributed by atoms with E-state index in [0.29, 0.717) is 22.6 Å². The van der Waals surface area contributed by atoms with Crippen LogP contribution in [0.3, 0.4) is 0 Å². The van der Waals surface area contributed by atoms with Crippen molar-refractivity contribution in [2.75, 3.05) is 14.2 Å². The average Bonchev–Trinajstić information content (AvgIpc) is 2.59. The smallest absolute Gasteiger partial charge is 0.189 e. The number of hydrogen-bond donors (Lipinski definition) is 2. The second kappa shape index (κ2) is 7.75. The zero-order chi connectivity index (χ0) is 18.6. The van der Waals surface area contributed by atoms with Gasteiger partial charge in [-0.1, -0.05) is 13.8 Å². The Morgan fingerprint density at radius 1 is 1.04 bits per heavy atom. The summed E-state index contributed by atoms with van der Waals surface area (Å²) in [6.45, 7) is 3.80. The van der Waals surface area contributed by atoms with Crippen LogP contribution in [-0.4, -0.2) is 30.2 Å². The van der Waals surface area contributed by atoms with Crippen LogP contribution in [0.25, 0.3) is 6.08 Å². The van der Waals surface area contributed by atoms with Gasteiger partial charge in [-0.2, -0.15) is 0 Å². The highest BCUT2D eigenvalue weighted by Crippen LogP contribution is 2.33. The van der Waals surface area contributed by atoms with Gasteiger partial charge < -0.3 is 19.7 Å². The molecular formula is C20H22O5. The molecule has 2 rings (SSSR count). The molecule has 5 heteroatoms. The van der Waals surface area contributed by atoms with Crippen molar-refractivity contribution < 1.29 is 24.5 Å². The minimum Gasteiger partial charge on any atom is -0.508 e. The molecule has 0 aliphatic carbocycles. The van der Waals surface area contributed by atoms with Gasteiger partial charge in [-0.25, -0.2) is 0 Å². The van der Waals surface area contributed by atoms with Gasteiger partial charge in [-0.05, 0) is 41.8 Å². The molecule has 0 aliphatic heterocycles. The molecule has 2 aromatic rings. The van der Waals surface area contributed by atoms with Crippen molar-refractivity contribution in [3.63, 3.8) is 0 Å². The minimum absolute atomic E-state index is 0.0233. The minimum atomic E-state index is -0.364. The highest BCUT2D eigenvalue weighted by atomic mass is 16.5. The van der Waals surface area contributed by atoms with E-state index < -0.39 is 0 Å². The van der Waals surface area contributed by atoms with Gasteiger partial charge in [0, 0.05) is 17.7 Å². The van der Waals surface area contributed by atoms with Gasteiger partial charge in [0.2, 0.25) is 0 Å². The van der Waals surface area contributed by atoms with Crippen LogP contribution in [0.2, 0.25) is 0 Å². The number of methoxy groups -OCH3 is 2. The third kappa shape index (κ3) is 4.12. The molecule has 0 aliphatic rings. The van der Waals surface area contributed by atoms with Crippen LogP contribution in [0.4, 0.5) is 0 Å². The van der Waals surface area contributed by atoms with Crippen LogP contribution in [-0.2, 0) is 0 Å². The second-order valence-electron chi connectivity index (χ2n) is 5.89. The lowest BCUT2D eigenvalue weighted by Crippen LogP contribution is -1.99. The molecule has 2 N–H and O–H groups in total. The Balaban J connectivity index is 2.34. The van der Waals surface area contributed by atoms with Gasteiger partial charge >= 0.3 is 0 Å². The number of aromatic hydroxyl groups is 2. The van der Waals surface area contributed by atoms with Crippen LogP contribution >= 0.6 is 0 Å². The quantitative estimate of drug-likeness (QED) is 0.610. The summed E-state index contributed by atoms with van der Waals surface area (Å²) in [4.78, 5) is 12.5. The predicted octanol–water partition coefficient (Wildman–Crippen LogP) is 4.13. The fraction of sp³-hybridized carbons (Fsp3) is 0.250. The number of carbonyl (C=O) groups excluding carboxylic acids is 1. The molecular weight excluding hydrogens is 320 g/mol. The molecule has 0 heterocycles. The normalized spacial score (nSPS) is 11.1. The first kappa shape index (κ1) is 18.4. The molecule has 0 fully saturated rings. The van der Waals surface area contributed by atoms with Crippen LogP contribution in [0.1, 0.15) is 41.3 Å². The van der Waals surface area contributed by atoms with Gasteiger partial charge in [0.1, 0.15) is 23.0 Å². The summed E-state index contributed by atoms with van der Waals surface area (Å²) in [7, 11) is 3.10. The molecule has 0 aromatic heterocycles. The van der Waals surface area contributed by atoms with Crippen molar-refractivity contribution in [2.45, 2.75) is 19.8 Å². The van der Waals surface area contributed by atoms with E-state index >= 15 is 0 Å². The van der Waals surface area contributed by atoms with E-state index in [2.05, 4.69) is 0 Å². The molecule has 0 unspecified atom stereocenters. The van der Waals surface area contributed by atoms with E-state index in [0.717, 1.165) is 0 Å². The maximum atomic E-state index is 12.5. The SMILES string of the molecule is COc1ccc(/C=C/C(=O)c2cc(C(C)C)c(O)cc2O)c(OC)c1. The van der Waals surface area contributed by atoms with Crippen LogP contribution < -0.4 is 9.47 Å². The first-order valence-corrected chi connectivity index (χ1v) is 7.87. The molecule has 0 atom stereocenters. The molecule has 0 saturated carbocycles. The van der Waals surface area contributed by atoms with E-state index in [-0.39, 0.29) is 28.8 Å². The Bertz CT molecular complexity index is 806. The molecule has 5 nitrogen and oxygen atoms in total. The Labute approximate surface area is 147 Å². The number of benzene rings is 2. The van der Waals surface area contributed by atoms with E-state index in [9.17, 15) is 15.0 Å².